The molecule has 2 aliphatic heterocycles. The summed E-state index contributed by atoms with van der Waals surface area (Å²) in [5.41, 5.74) is 0.283. The molecule has 0 radical (unpaired) electrons. The van der Waals surface area contributed by atoms with Crippen molar-refractivity contribution in [2.75, 3.05) is 13.1 Å². The number of phenols is 2. The summed E-state index contributed by atoms with van der Waals surface area (Å²) < 4.78 is 0. The molecule has 6 nitrogen and oxygen atoms in total. The summed E-state index contributed by atoms with van der Waals surface area (Å²) in [4.78, 5) is 25.6. The van der Waals surface area contributed by atoms with Crippen molar-refractivity contribution in [3.63, 3.8) is 0 Å². The number of rotatable bonds is 1. The number of benzene rings is 1. The van der Waals surface area contributed by atoms with Gasteiger partial charge in [-0.25, -0.2) is 0 Å². The van der Waals surface area contributed by atoms with E-state index < -0.39 is 0 Å². The maximum Gasteiger partial charge on any atom is 0.254 e. The van der Waals surface area contributed by atoms with Crippen molar-refractivity contribution in [3.8, 4) is 11.5 Å². The van der Waals surface area contributed by atoms with E-state index in [0.717, 1.165) is 12.8 Å². The van der Waals surface area contributed by atoms with E-state index in [-0.39, 0.29) is 40.8 Å². The number of fused-ring (bicyclic) bond motifs is 1. The highest BCUT2D eigenvalue weighted by Crippen LogP contribution is 2.27. The summed E-state index contributed by atoms with van der Waals surface area (Å²) in [6.07, 6.45) is 2.05. The van der Waals surface area contributed by atoms with Gasteiger partial charge in [0.15, 0.2) is 0 Å². The molecule has 0 aromatic heterocycles. The molecule has 2 heterocycles. The third-order valence-corrected chi connectivity index (χ3v) is 4.26. The fraction of sp³-hybridized carbons (Fsp3) is 0.467. The van der Waals surface area contributed by atoms with Crippen LogP contribution in [0.3, 0.4) is 0 Å². The van der Waals surface area contributed by atoms with E-state index in [1.54, 1.807) is 4.90 Å². The van der Waals surface area contributed by atoms with Crippen molar-refractivity contribution in [2.24, 2.45) is 5.92 Å². The second-order valence-electron chi connectivity index (χ2n) is 5.75. The van der Waals surface area contributed by atoms with Crippen molar-refractivity contribution in [3.05, 3.63) is 23.8 Å². The predicted molar refractivity (Wildman–Crippen MR) is 74.9 cm³/mol. The quantitative estimate of drug-likeness (QED) is 0.715. The largest absolute Gasteiger partial charge is 0.508 e. The minimum Gasteiger partial charge on any atom is -0.508 e. The molecule has 112 valence electrons. The summed E-state index contributed by atoms with van der Waals surface area (Å²) in [6, 6.07) is 4.07. The zero-order valence-corrected chi connectivity index (χ0v) is 11.6. The average molecular weight is 290 g/mol. The summed E-state index contributed by atoms with van der Waals surface area (Å²) in [7, 11) is 0. The molecule has 3 N–H and O–H groups in total. The average Bonchev–Trinajstić information content (AvgIpc) is 2.45. The van der Waals surface area contributed by atoms with Crippen LogP contribution in [0.1, 0.15) is 29.6 Å². The molecular weight excluding hydrogens is 272 g/mol. The lowest BCUT2D eigenvalue weighted by atomic mass is 9.85. The van der Waals surface area contributed by atoms with Gasteiger partial charge in [0, 0.05) is 37.2 Å². The van der Waals surface area contributed by atoms with Crippen molar-refractivity contribution in [2.45, 2.75) is 25.3 Å². The second kappa shape index (κ2) is 5.27. The predicted octanol–water partition coefficient (Wildman–Crippen LogP) is 0.839. The molecule has 0 saturated carbocycles. The van der Waals surface area contributed by atoms with E-state index in [9.17, 15) is 19.8 Å². The van der Waals surface area contributed by atoms with Crippen molar-refractivity contribution >= 4 is 11.8 Å². The van der Waals surface area contributed by atoms with Crippen LogP contribution in [0.15, 0.2) is 18.2 Å². The summed E-state index contributed by atoms with van der Waals surface area (Å²) >= 11 is 0. The number of carbonyl (C=O) groups is 2. The number of hydrogen-bond donors (Lipinski definition) is 3. The van der Waals surface area contributed by atoms with Crippen molar-refractivity contribution in [1.29, 1.82) is 0 Å². The first kappa shape index (κ1) is 13.7. The molecule has 2 aliphatic rings. The molecule has 2 fully saturated rings. The van der Waals surface area contributed by atoms with Crippen LogP contribution in [0.25, 0.3) is 0 Å². The second-order valence-corrected chi connectivity index (χ2v) is 5.75. The summed E-state index contributed by atoms with van der Waals surface area (Å²) in [5.74, 6) is -0.0758. The summed E-state index contributed by atoms with van der Waals surface area (Å²) in [5, 5.41) is 21.9. The molecule has 21 heavy (non-hydrogen) atoms. The van der Waals surface area contributed by atoms with Crippen LogP contribution in [0, 0.1) is 5.92 Å². The van der Waals surface area contributed by atoms with Gasteiger partial charge in [-0.3, -0.25) is 9.59 Å². The van der Waals surface area contributed by atoms with E-state index in [2.05, 4.69) is 5.32 Å². The lowest BCUT2D eigenvalue weighted by Gasteiger charge is -2.41. The van der Waals surface area contributed by atoms with Gasteiger partial charge in [0.1, 0.15) is 11.5 Å². The lowest BCUT2D eigenvalue weighted by molar-refractivity contribution is -0.125. The molecule has 2 amide bonds. The van der Waals surface area contributed by atoms with Crippen LogP contribution in [0.5, 0.6) is 11.5 Å². The van der Waals surface area contributed by atoms with Gasteiger partial charge in [0.2, 0.25) is 5.91 Å². The molecular formula is C15H18N2O4. The molecule has 2 saturated heterocycles. The number of likely N-dealkylation sites (tertiary alicyclic amines) is 1. The Hall–Kier alpha value is -2.24. The van der Waals surface area contributed by atoms with Crippen LogP contribution < -0.4 is 5.32 Å². The maximum atomic E-state index is 12.5. The third-order valence-electron chi connectivity index (χ3n) is 4.26. The number of carbonyl (C=O) groups excluding carboxylic acids is 2. The monoisotopic (exact) mass is 290 g/mol. The van der Waals surface area contributed by atoms with Crippen LogP contribution in [0.4, 0.5) is 0 Å². The molecule has 2 atom stereocenters. The van der Waals surface area contributed by atoms with Crippen LogP contribution in [-0.4, -0.2) is 46.1 Å². The molecule has 1 aromatic carbocycles. The Bertz CT molecular complexity index is 567. The first-order chi connectivity index (χ1) is 10.0. The van der Waals surface area contributed by atoms with Gasteiger partial charge in [-0.05, 0) is 30.9 Å². The Labute approximate surface area is 122 Å². The van der Waals surface area contributed by atoms with E-state index in [0.29, 0.717) is 19.5 Å². The van der Waals surface area contributed by atoms with Crippen LogP contribution >= 0.6 is 0 Å². The Morgan fingerprint density at radius 1 is 1.19 bits per heavy atom. The van der Waals surface area contributed by atoms with Crippen LogP contribution in [-0.2, 0) is 4.79 Å². The smallest absolute Gasteiger partial charge is 0.254 e. The number of hydrogen-bond acceptors (Lipinski definition) is 4. The number of phenolic OH excluding ortho intramolecular Hbond substituents is 2. The minimum absolute atomic E-state index is 0.0916. The highest BCUT2D eigenvalue weighted by Gasteiger charge is 2.35. The zero-order valence-electron chi connectivity index (χ0n) is 11.6. The molecule has 2 unspecified atom stereocenters. The Balaban J connectivity index is 1.73. The molecule has 0 bridgehead atoms. The molecule has 6 heteroatoms. The van der Waals surface area contributed by atoms with Gasteiger partial charge in [0.25, 0.3) is 5.91 Å². The topological polar surface area (TPSA) is 89.9 Å². The number of aromatic hydroxyl groups is 2. The Kier molecular flexibility index (Phi) is 3.45. The standard InChI is InChI=1S/C15H18N2O4/c18-11-5-10(6-12(19)7-11)15(21)17-4-3-13-9(8-17)1-2-14(20)16-13/h5-7,9,13,18-19H,1-4,8H2,(H,16,20). The highest BCUT2D eigenvalue weighted by atomic mass is 16.3. The highest BCUT2D eigenvalue weighted by molar-refractivity contribution is 5.95. The van der Waals surface area contributed by atoms with Crippen molar-refractivity contribution < 1.29 is 19.8 Å². The third kappa shape index (κ3) is 2.79. The number of amides is 2. The van der Waals surface area contributed by atoms with E-state index in [4.69, 9.17) is 0 Å². The minimum atomic E-state index is -0.198. The first-order valence-electron chi connectivity index (χ1n) is 7.14. The van der Waals surface area contributed by atoms with Gasteiger partial charge >= 0.3 is 0 Å². The van der Waals surface area contributed by atoms with Crippen molar-refractivity contribution in [1.82, 2.24) is 10.2 Å². The normalized spacial score (nSPS) is 25.1. The van der Waals surface area contributed by atoms with Gasteiger partial charge in [0.05, 0.1) is 0 Å². The fourth-order valence-electron chi connectivity index (χ4n) is 3.20. The number of nitrogens with one attached hydrogen (secondary N) is 1. The van der Waals surface area contributed by atoms with E-state index >= 15 is 0 Å². The number of piperidine rings is 2. The Morgan fingerprint density at radius 3 is 2.62 bits per heavy atom. The van der Waals surface area contributed by atoms with Gasteiger partial charge in [-0.2, -0.15) is 0 Å². The first-order valence-corrected chi connectivity index (χ1v) is 7.14. The SMILES string of the molecule is O=C1CCC2CN(C(=O)c3cc(O)cc(O)c3)CCC2N1. The maximum absolute atomic E-state index is 12.5. The summed E-state index contributed by atoms with van der Waals surface area (Å²) in [6.45, 7) is 1.16. The Morgan fingerprint density at radius 2 is 1.90 bits per heavy atom. The lowest BCUT2D eigenvalue weighted by Crippen LogP contribution is -2.55. The van der Waals surface area contributed by atoms with E-state index in [1.807, 2.05) is 0 Å². The molecule has 0 spiro atoms. The molecule has 1 aromatic rings. The number of nitrogens with zero attached hydrogens (tertiary/aromatic N) is 1. The zero-order chi connectivity index (χ0) is 15.0. The molecule has 3 rings (SSSR count). The fourth-order valence-corrected chi connectivity index (χ4v) is 3.20. The van der Waals surface area contributed by atoms with Gasteiger partial charge < -0.3 is 20.4 Å². The van der Waals surface area contributed by atoms with E-state index in [1.165, 1.54) is 18.2 Å². The van der Waals surface area contributed by atoms with Gasteiger partial charge in [-0.1, -0.05) is 0 Å². The van der Waals surface area contributed by atoms with Crippen LogP contribution in [0.2, 0.25) is 0 Å². The van der Waals surface area contributed by atoms with Gasteiger partial charge in [-0.15, -0.1) is 0 Å². The molecule has 0 aliphatic carbocycles.